The summed E-state index contributed by atoms with van der Waals surface area (Å²) in [5.41, 5.74) is 13.2. The van der Waals surface area contributed by atoms with Gasteiger partial charge in [0.1, 0.15) is 0 Å². The van der Waals surface area contributed by atoms with Crippen molar-refractivity contribution in [3.8, 4) is 16.8 Å². The van der Waals surface area contributed by atoms with E-state index in [1.54, 1.807) is 0 Å². The lowest BCUT2D eigenvalue weighted by molar-refractivity contribution is 1.17. The summed E-state index contributed by atoms with van der Waals surface area (Å²) in [6.07, 6.45) is 0. The molecule has 3 aromatic heterocycles. The smallest absolute Gasteiger partial charge is 0.333 e. The highest BCUT2D eigenvalue weighted by Crippen LogP contribution is 2.52. The van der Waals surface area contributed by atoms with E-state index in [9.17, 15) is 0 Å². The van der Waals surface area contributed by atoms with Crippen LogP contribution >= 0.6 is 22.7 Å². The number of anilines is 2. The fourth-order valence-electron chi connectivity index (χ4n) is 8.97. The number of hydrogen-bond donors (Lipinski definition) is 0. The molecule has 0 N–H and O–H groups in total. The topological polar surface area (TPSA) is 8.17 Å². The Morgan fingerprint density at radius 2 is 1.19 bits per heavy atom. The van der Waals surface area contributed by atoms with E-state index >= 15 is 0 Å². The van der Waals surface area contributed by atoms with Gasteiger partial charge in [-0.15, -0.1) is 22.7 Å². The predicted molar refractivity (Wildman–Crippen MR) is 210 cm³/mol. The third kappa shape index (κ3) is 3.05. The lowest BCUT2D eigenvalue weighted by atomic mass is 9.44. The van der Waals surface area contributed by atoms with Gasteiger partial charge in [-0.1, -0.05) is 97.1 Å². The number of benzene rings is 7. The molecular weight excluding hydrogens is 619 g/mol. The molecule has 48 heavy (non-hydrogen) atoms. The molecule has 0 radical (unpaired) electrons. The van der Waals surface area contributed by atoms with Crippen LogP contribution in [0.3, 0.4) is 0 Å². The highest BCUT2D eigenvalue weighted by molar-refractivity contribution is 7.27. The van der Waals surface area contributed by atoms with E-state index in [2.05, 4.69) is 150 Å². The van der Waals surface area contributed by atoms with Crippen molar-refractivity contribution < 1.29 is 0 Å². The second-order valence-electron chi connectivity index (χ2n) is 13.3. The number of hydrogen-bond acceptors (Lipinski definition) is 3. The maximum Gasteiger partial charge on any atom is 0.333 e. The van der Waals surface area contributed by atoms with Crippen molar-refractivity contribution in [2.24, 2.45) is 0 Å². The maximum absolute atomic E-state index is 2.70. The molecule has 0 amide bonds. The first-order valence-electron chi connectivity index (χ1n) is 16.6. The Morgan fingerprint density at radius 1 is 0.521 bits per heavy atom. The summed E-state index contributed by atoms with van der Waals surface area (Å²) >= 11 is 3.86. The van der Waals surface area contributed by atoms with E-state index in [1.165, 1.54) is 107 Å². The van der Waals surface area contributed by atoms with Crippen LogP contribution < -0.4 is 15.7 Å². The van der Waals surface area contributed by atoms with Gasteiger partial charge in [-0.25, -0.2) is 0 Å². The van der Waals surface area contributed by atoms with Crippen molar-refractivity contribution in [1.29, 1.82) is 0 Å². The third-order valence-electron chi connectivity index (χ3n) is 10.8. The average Bonchev–Trinajstić information content (AvgIpc) is 3.80. The van der Waals surface area contributed by atoms with Crippen LogP contribution in [0.2, 0.25) is 0 Å². The highest BCUT2D eigenvalue weighted by Gasteiger charge is 2.45. The van der Waals surface area contributed by atoms with Gasteiger partial charge in [-0.3, -0.25) is 0 Å². The summed E-state index contributed by atoms with van der Waals surface area (Å²) < 4.78 is 7.95. The van der Waals surface area contributed by atoms with Crippen LogP contribution in [0.1, 0.15) is 5.56 Å². The molecular formula is C43H25BN2S2. The van der Waals surface area contributed by atoms with Gasteiger partial charge in [0.05, 0.1) is 15.7 Å². The molecule has 12 rings (SSSR count). The zero-order valence-electron chi connectivity index (χ0n) is 26.0. The van der Waals surface area contributed by atoms with Crippen LogP contribution in [0.25, 0.3) is 79.0 Å². The van der Waals surface area contributed by atoms with Crippen molar-refractivity contribution in [1.82, 2.24) is 4.57 Å². The monoisotopic (exact) mass is 644 g/mol. The Bertz CT molecular complexity index is 3050. The minimum atomic E-state index is 0.0197. The summed E-state index contributed by atoms with van der Waals surface area (Å²) in [6, 6.07) is 50.3. The van der Waals surface area contributed by atoms with E-state index in [-0.39, 0.29) is 6.85 Å². The van der Waals surface area contributed by atoms with Crippen molar-refractivity contribution in [2.75, 3.05) is 4.81 Å². The van der Waals surface area contributed by atoms with E-state index < -0.39 is 0 Å². The van der Waals surface area contributed by atoms with Gasteiger partial charge in [0, 0.05) is 69.0 Å². The lowest BCUT2D eigenvalue weighted by Gasteiger charge is -2.42. The molecule has 0 saturated heterocycles. The van der Waals surface area contributed by atoms with Crippen LogP contribution in [-0.4, -0.2) is 11.4 Å². The molecule has 0 spiro atoms. The van der Waals surface area contributed by atoms with E-state index in [0.29, 0.717) is 0 Å². The summed E-state index contributed by atoms with van der Waals surface area (Å²) in [4.78, 5) is 2.70. The summed E-state index contributed by atoms with van der Waals surface area (Å²) in [7, 11) is 0. The summed E-state index contributed by atoms with van der Waals surface area (Å²) in [6.45, 7) is 2.29. The number of nitrogens with zero attached hydrogens (tertiary/aromatic N) is 2. The molecule has 0 saturated carbocycles. The van der Waals surface area contributed by atoms with Crippen LogP contribution in [0.5, 0.6) is 0 Å². The minimum absolute atomic E-state index is 0.0197. The molecule has 5 heteroatoms. The second kappa shape index (κ2) is 8.96. The number of fused-ring (bicyclic) bond motifs is 14. The Balaban J connectivity index is 1.30. The van der Waals surface area contributed by atoms with Crippen LogP contribution in [0.4, 0.5) is 11.4 Å². The van der Waals surface area contributed by atoms with Crippen molar-refractivity contribution in [3.05, 3.63) is 139 Å². The van der Waals surface area contributed by atoms with Crippen LogP contribution in [0.15, 0.2) is 133 Å². The molecule has 222 valence electrons. The molecule has 0 unspecified atom stereocenters. The number of aromatic nitrogens is 1. The Labute approximate surface area is 284 Å². The first-order valence-corrected chi connectivity index (χ1v) is 18.2. The molecule has 7 aromatic carbocycles. The normalized spacial score (nSPS) is 13.4. The summed E-state index contributed by atoms with van der Waals surface area (Å²) in [5.74, 6) is 0. The number of rotatable bonds is 1. The fourth-order valence-corrected chi connectivity index (χ4v) is 11.4. The fraction of sp³-hybridized carbons (Fsp3) is 0.0233. The molecule has 0 atom stereocenters. The standard InChI is InChI=1S/C43H25BN2S2/c1-24-22-31-39-34(21-20-30-27-12-4-7-19-38(27)48-43(30)39)46(35-17-9-14-29-26-11-3-6-18-37(26)47-42(29)35)44-32-15-8-13-28-25-10-2-5-16-33(25)45(41(28)32)36(23-24)40(31)44/h2-23H,1H3. The van der Waals surface area contributed by atoms with Gasteiger partial charge < -0.3 is 9.38 Å². The van der Waals surface area contributed by atoms with Gasteiger partial charge >= 0.3 is 6.85 Å². The lowest BCUT2D eigenvalue weighted by Crippen LogP contribution is -2.60. The highest BCUT2D eigenvalue weighted by atomic mass is 32.1. The van der Waals surface area contributed by atoms with Crippen molar-refractivity contribution in [2.45, 2.75) is 6.92 Å². The van der Waals surface area contributed by atoms with E-state index in [4.69, 9.17) is 0 Å². The Kier molecular flexibility index (Phi) is 4.80. The van der Waals surface area contributed by atoms with Crippen LogP contribution in [0, 0.1) is 6.92 Å². The second-order valence-corrected chi connectivity index (χ2v) is 15.4. The molecule has 0 bridgehead atoms. The number of para-hydroxylation sites is 2. The molecule has 2 aliphatic rings. The zero-order valence-corrected chi connectivity index (χ0v) is 27.6. The van der Waals surface area contributed by atoms with Gasteiger partial charge in [0.25, 0.3) is 0 Å². The molecule has 0 fully saturated rings. The SMILES string of the molecule is Cc1cc2c3c(c1)-n1c4ccccc4c4cccc(c41)B3N(c1cccc3c1sc1ccccc13)c1ccc3c(sc4ccccc43)c1-2. The zero-order chi connectivity index (χ0) is 31.2. The summed E-state index contributed by atoms with van der Waals surface area (Å²) in [5, 5.41) is 7.97. The largest absolute Gasteiger partial charge is 0.375 e. The Morgan fingerprint density at radius 3 is 2.02 bits per heavy atom. The predicted octanol–water partition coefficient (Wildman–Crippen LogP) is 11.1. The van der Waals surface area contributed by atoms with E-state index in [1.807, 2.05) is 22.7 Å². The minimum Gasteiger partial charge on any atom is -0.375 e. The van der Waals surface area contributed by atoms with E-state index in [0.717, 1.165) is 0 Å². The van der Waals surface area contributed by atoms with Gasteiger partial charge in [0.15, 0.2) is 0 Å². The number of thiophene rings is 2. The number of aryl methyl sites for hydroxylation is 1. The first kappa shape index (κ1) is 25.7. The maximum atomic E-state index is 2.70. The molecule has 0 aliphatic carbocycles. The van der Waals surface area contributed by atoms with Gasteiger partial charge in [0.2, 0.25) is 0 Å². The Hall–Kier alpha value is -5.36. The molecule has 10 aromatic rings. The molecule has 5 heterocycles. The van der Waals surface area contributed by atoms with Crippen LogP contribution in [-0.2, 0) is 0 Å². The first-order chi connectivity index (χ1) is 23.7. The van der Waals surface area contributed by atoms with Gasteiger partial charge in [-0.2, -0.15) is 0 Å². The quantitative estimate of drug-likeness (QED) is 0.162. The van der Waals surface area contributed by atoms with Crippen molar-refractivity contribution >= 4 is 114 Å². The average molecular weight is 645 g/mol. The van der Waals surface area contributed by atoms with Crippen molar-refractivity contribution in [3.63, 3.8) is 0 Å². The third-order valence-corrected chi connectivity index (χ3v) is 13.2. The van der Waals surface area contributed by atoms with Gasteiger partial charge in [-0.05, 0) is 65.4 Å². The molecule has 2 aliphatic heterocycles. The molecule has 2 nitrogen and oxygen atoms in total.